The van der Waals surface area contributed by atoms with Crippen LogP contribution in [0.25, 0.3) is 11.3 Å². The van der Waals surface area contributed by atoms with Crippen LogP contribution in [0.3, 0.4) is 0 Å². The van der Waals surface area contributed by atoms with Crippen LogP contribution in [0.15, 0.2) is 54.9 Å². The molecule has 4 rings (SSSR count). The molecule has 0 fully saturated rings. The maximum absolute atomic E-state index is 12.9. The molecular formula is C20H17N5O. The molecular weight excluding hydrogens is 326 g/mol. The third kappa shape index (κ3) is 3.07. The van der Waals surface area contributed by atoms with Gasteiger partial charge in [-0.2, -0.15) is 10.4 Å². The van der Waals surface area contributed by atoms with E-state index in [1.165, 1.54) is 0 Å². The van der Waals surface area contributed by atoms with Crippen molar-refractivity contribution < 1.29 is 4.79 Å². The van der Waals surface area contributed by atoms with E-state index in [1.54, 1.807) is 36.7 Å². The summed E-state index contributed by atoms with van der Waals surface area (Å²) in [6, 6.07) is 14.8. The van der Waals surface area contributed by atoms with E-state index in [1.807, 2.05) is 27.8 Å². The van der Waals surface area contributed by atoms with E-state index in [2.05, 4.69) is 16.2 Å². The van der Waals surface area contributed by atoms with Crippen LogP contribution in [-0.4, -0.2) is 32.1 Å². The van der Waals surface area contributed by atoms with Gasteiger partial charge in [0.05, 0.1) is 29.6 Å². The van der Waals surface area contributed by atoms with E-state index < -0.39 is 0 Å². The predicted molar refractivity (Wildman–Crippen MR) is 96.0 cm³/mol. The van der Waals surface area contributed by atoms with Gasteiger partial charge in [0.1, 0.15) is 0 Å². The van der Waals surface area contributed by atoms with E-state index in [9.17, 15) is 4.79 Å². The van der Waals surface area contributed by atoms with Gasteiger partial charge >= 0.3 is 0 Å². The number of pyridine rings is 1. The second-order valence-corrected chi connectivity index (χ2v) is 6.26. The zero-order chi connectivity index (χ0) is 17.9. The number of aryl methyl sites for hydroxylation is 1. The smallest absolute Gasteiger partial charge is 0.254 e. The monoisotopic (exact) mass is 343 g/mol. The second-order valence-electron chi connectivity index (χ2n) is 6.26. The van der Waals surface area contributed by atoms with Gasteiger partial charge in [-0.05, 0) is 42.8 Å². The molecule has 1 amide bonds. The Balaban J connectivity index is 1.60. The van der Waals surface area contributed by atoms with Crippen molar-refractivity contribution in [1.82, 2.24) is 19.7 Å². The SMILES string of the molecule is N#Cc1cccc(C(=O)N2CCCn3nc(-c4cccnc4)cc3C2)c1. The molecule has 1 aromatic carbocycles. The van der Waals surface area contributed by atoms with Crippen LogP contribution in [0, 0.1) is 11.3 Å². The van der Waals surface area contributed by atoms with Crippen molar-refractivity contribution in [2.24, 2.45) is 0 Å². The second kappa shape index (κ2) is 6.81. The zero-order valence-corrected chi connectivity index (χ0v) is 14.2. The standard InChI is InChI=1S/C20H17N5O/c21-12-15-4-1-5-16(10-15)20(26)24-8-3-9-25-18(14-24)11-19(23-25)17-6-2-7-22-13-17/h1-2,4-7,10-11,13H,3,8-9,14H2. The maximum Gasteiger partial charge on any atom is 0.254 e. The van der Waals surface area contributed by atoms with Gasteiger partial charge in [-0.3, -0.25) is 14.5 Å². The highest BCUT2D eigenvalue weighted by Gasteiger charge is 2.22. The number of benzene rings is 1. The highest BCUT2D eigenvalue weighted by Crippen LogP contribution is 2.22. The molecule has 1 aliphatic rings. The Hall–Kier alpha value is -3.46. The third-order valence-electron chi connectivity index (χ3n) is 4.50. The highest BCUT2D eigenvalue weighted by molar-refractivity contribution is 5.94. The molecule has 0 radical (unpaired) electrons. The maximum atomic E-state index is 12.9. The number of hydrogen-bond acceptors (Lipinski definition) is 4. The molecule has 1 aliphatic heterocycles. The summed E-state index contributed by atoms with van der Waals surface area (Å²) in [5, 5.41) is 13.7. The predicted octanol–water partition coefficient (Wildman–Crippen LogP) is 2.86. The lowest BCUT2D eigenvalue weighted by Crippen LogP contribution is -2.30. The Labute approximate surface area is 151 Å². The molecule has 128 valence electrons. The fraction of sp³-hybridized carbons (Fsp3) is 0.200. The van der Waals surface area contributed by atoms with Crippen molar-refractivity contribution in [1.29, 1.82) is 5.26 Å². The summed E-state index contributed by atoms with van der Waals surface area (Å²) in [6.07, 6.45) is 4.36. The van der Waals surface area contributed by atoms with Gasteiger partial charge in [0.15, 0.2) is 0 Å². The number of fused-ring (bicyclic) bond motifs is 1. The summed E-state index contributed by atoms with van der Waals surface area (Å²) >= 11 is 0. The summed E-state index contributed by atoms with van der Waals surface area (Å²) in [6.45, 7) is 1.95. The fourth-order valence-electron chi connectivity index (χ4n) is 3.20. The molecule has 3 aromatic rings. The van der Waals surface area contributed by atoms with Crippen molar-refractivity contribution in [2.75, 3.05) is 6.54 Å². The van der Waals surface area contributed by atoms with Gasteiger partial charge in [0, 0.05) is 36.6 Å². The Morgan fingerprint density at radius 2 is 2.08 bits per heavy atom. The molecule has 0 saturated carbocycles. The minimum Gasteiger partial charge on any atom is -0.333 e. The van der Waals surface area contributed by atoms with E-state index in [0.717, 1.165) is 29.9 Å². The number of carbonyl (C=O) groups excluding carboxylic acids is 1. The molecule has 6 nitrogen and oxygen atoms in total. The van der Waals surface area contributed by atoms with E-state index in [4.69, 9.17) is 5.26 Å². The third-order valence-corrected chi connectivity index (χ3v) is 4.50. The summed E-state index contributed by atoms with van der Waals surface area (Å²) in [4.78, 5) is 18.9. The molecule has 0 unspecified atom stereocenters. The Kier molecular flexibility index (Phi) is 4.20. The Morgan fingerprint density at radius 3 is 2.88 bits per heavy atom. The first-order chi connectivity index (χ1) is 12.7. The van der Waals surface area contributed by atoms with Gasteiger partial charge in [-0.25, -0.2) is 0 Å². The van der Waals surface area contributed by atoms with Crippen molar-refractivity contribution in [3.8, 4) is 17.3 Å². The topological polar surface area (TPSA) is 74.8 Å². The van der Waals surface area contributed by atoms with Crippen molar-refractivity contribution in [3.63, 3.8) is 0 Å². The normalized spacial score (nSPS) is 13.6. The van der Waals surface area contributed by atoms with Crippen molar-refractivity contribution >= 4 is 5.91 Å². The summed E-state index contributed by atoms with van der Waals surface area (Å²) in [7, 11) is 0. The molecule has 0 atom stereocenters. The molecule has 6 heteroatoms. The molecule has 26 heavy (non-hydrogen) atoms. The van der Waals surface area contributed by atoms with E-state index in [0.29, 0.717) is 24.2 Å². The largest absolute Gasteiger partial charge is 0.333 e. The lowest BCUT2D eigenvalue weighted by molar-refractivity contribution is 0.0745. The number of rotatable bonds is 2. The van der Waals surface area contributed by atoms with Crippen LogP contribution in [0.5, 0.6) is 0 Å². The van der Waals surface area contributed by atoms with Crippen LogP contribution < -0.4 is 0 Å². The zero-order valence-electron chi connectivity index (χ0n) is 14.2. The van der Waals surface area contributed by atoms with Crippen LogP contribution in [0.1, 0.15) is 28.0 Å². The van der Waals surface area contributed by atoms with Gasteiger partial charge in [-0.15, -0.1) is 0 Å². The number of hydrogen-bond donors (Lipinski definition) is 0. The first-order valence-electron chi connectivity index (χ1n) is 8.51. The molecule has 0 N–H and O–H groups in total. The van der Waals surface area contributed by atoms with E-state index in [-0.39, 0.29) is 5.91 Å². The van der Waals surface area contributed by atoms with Crippen LogP contribution in [-0.2, 0) is 13.1 Å². The number of nitriles is 1. The van der Waals surface area contributed by atoms with Crippen molar-refractivity contribution in [2.45, 2.75) is 19.5 Å². The molecule has 0 bridgehead atoms. The average Bonchev–Trinajstić information content (AvgIpc) is 2.99. The van der Waals surface area contributed by atoms with Gasteiger partial charge in [0.25, 0.3) is 5.91 Å². The summed E-state index contributed by atoms with van der Waals surface area (Å²) in [5.74, 6) is -0.0559. The Bertz CT molecular complexity index is 987. The lowest BCUT2D eigenvalue weighted by Gasteiger charge is -2.20. The molecule has 2 aromatic heterocycles. The number of aromatic nitrogens is 3. The Morgan fingerprint density at radius 1 is 1.15 bits per heavy atom. The van der Waals surface area contributed by atoms with Crippen LogP contribution in [0.4, 0.5) is 0 Å². The molecule has 0 spiro atoms. The number of carbonyl (C=O) groups is 1. The molecule has 0 aliphatic carbocycles. The van der Waals surface area contributed by atoms with Gasteiger partial charge < -0.3 is 4.90 Å². The van der Waals surface area contributed by atoms with Gasteiger partial charge in [-0.1, -0.05) is 6.07 Å². The quantitative estimate of drug-likeness (QED) is 0.717. The first kappa shape index (κ1) is 16.0. The summed E-state index contributed by atoms with van der Waals surface area (Å²) < 4.78 is 1.97. The number of amides is 1. The van der Waals surface area contributed by atoms with E-state index >= 15 is 0 Å². The van der Waals surface area contributed by atoms with Crippen LogP contribution >= 0.6 is 0 Å². The fourth-order valence-corrected chi connectivity index (χ4v) is 3.20. The van der Waals surface area contributed by atoms with Crippen LogP contribution in [0.2, 0.25) is 0 Å². The summed E-state index contributed by atoms with van der Waals surface area (Å²) in [5.41, 5.74) is 3.88. The lowest BCUT2D eigenvalue weighted by atomic mass is 10.1. The van der Waals surface area contributed by atoms with Gasteiger partial charge in [0.2, 0.25) is 0 Å². The minimum absolute atomic E-state index is 0.0559. The average molecular weight is 343 g/mol. The highest BCUT2D eigenvalue weighted by atomic mass is 16.2. The minimum atomic E-state index is -0.0559. The van der Waals surface area contributed by atoms with Crippen molar-refractivity contribution in [3.05, 3.63) is 71.7 Å². The molecule has 3 heterocycles. The molecule has 0 saturated heterocycles. The number of nitrogens with zero attached hydrogens (tertiary/aromatic N) is 5. The first-order valence-corrected chi connectivity index (χ1v) is 8.51.